The van der Waals surface area contributed by atoms with Crippen molar-refractivity contribution in [3.8, 4) is 0 Å². The fourth-order valence-electron chi connectivity index (χ4n) is 2.35. The summed E-state index contributed by atoms with van der Waals surface area (Å²) in [6, 6.07) is 2.07. The average Bonchev–Trinajstić information content (AvgIpc) is 2.89. The van der Waals surface area contributed by atoms with E-state index in [0.29, 0.717) is 6.54 Å². The maximum absolute atomic E-state index is 5.16. The first kappa shape index (κ1) is 12.7. The minimum absolute atomic E-state index is 0.674. The Labute approximate surface area is 116 Å². The molecule has 6 heteroatoms. The molecule has 6 nitrogen and oxygen atoms in total. The van der Waals surface area contributed by atoms with Crippen molar-refractivity contribution in [2.75, 3.05) is 5.32 Å². The van der Waals surface area contributed by atoms with Crippen LogP contribution in [0.1, 0.15) is 22.7 Å². The molecule has 0 aliphatic carbocycles. The maximum atomic E-state index is 5.16. The number of hydrogen-bond acceptors (Lipinski definition) is 5. The SMILES string of the molecule is Cc1noc(C)c1CNc1cnc2c(c1)c(C)nn2C. The van der Waals surface area contributed by atoms with Crippen molar-refractivity contribution < 1.29 is 4.52 Å². The van der Waals surface area contributed by atoms with Crippen molar-refractivity contribution in [2.24, 2.45) is 7.05 Å². The second-order valence-electron chi connectivity index (χ2n) is 4.96. The summed E-state index contributed by atoms with van der Waals surface area (Å²) in [4.78, 5) is 4.45. The predicted molar refractivity (Wildman–Crippen MR) is 76.5 cm³/mol. The number of aryl methyl sites for hydroxylation is 4. The first-order valence-electron chi connectivity index (χ1n) is 6.51. The van der Waals surface area contributed by atoms with Crippen LogP contribution >= 0.6 is 0 Å². The van der Waals surface area contributed by atoms with E-state index >= 15 is 0 Å². The average molecular weight is 271 g/mol. The van der Waals surface area contributed by atoms with Gasteiger partial charge in [-0.05, 0) is 26.8 Å². The van der Waals surface area contributed by atoms with Gasteiger partial charge in [-0.15, -0.1) is 0 Å². The molecule has 0 aromatic carbocycles. The third-order valence-corrected chi connectivity index (χ3v) is 3.51. The summed E-state index contributed by atoms with van der Waals surface area (Å²) in [6.45, 7) is 6.53. The van der Waals surface area contributed by atoms with Crippen LogP contribution in [0.3, 0.4) is 0 Å². The lowest BCUT2D eigenvalue weighted by Gasteiger charge is -2.06. The number of anilines is 1. The normalized spacial score (nSPS) is 11.2. The summed E-state index contributed by atoms with van der Waals surface area (Å²) in [5.41, 5.74) is 4.85. The first-order chi connectivity index (χ1) is 9.56. The molecule has 0 aliphatic rings. The Kier molecular flexibility index (Phi) is 2.93. The molecule has 3 aromatic rings. The van der Waals surface area contributed by atoms with Crippen LogP contribution in [0, 0.1) is 20.8 Å². The van der Waals surface area contributed by atoms with Crippen molar-refractivity contribution in [3.05, 3.63) is 35.0 Å². The molecule has 0 unspecified atom stereocenters. The van der Waals surface area contributed by atoms with Crippen LogP contribution < -0.4 is 5.32 Å². The zero-order valence-corrected chi connectivity index (χ0v) is 12.1. The Morgan fingerprint density at radius 2 is 2.05 bits per heavy atom. The van der Waals surface area contributed by atoms with Crippen molar-refractivity contribution in [3.63, 3.8) is 0 Å². The van der Waals surface area contributed by atoms with E-state index in [0.717, 1.165) is 39.4 Å². The van der Waals surface area contributed by atoms with E-state index in [-0.39, 0.29) is 0 Å². The Morgan fingerprint density at radius 1 is 1.25 bits per heavy atom. The standard InChI is InChI=1S/C14H17N5O/c1-8-12-5-11(6-16-14(12)19(4)17-8)15-7-13-9(2)18-20-10(13)3/h5-6,15H,7H2,1-4H3. The zero-order valence-electron chi connectivity index (χ0n) is 12.1. The number of pyridine rings is 1. The van der Waals surface area contributed by atoms with Crippen LogP contribution in [0.15, 0.2) is 16.8 Å². The van der Waals surface area contributed by atoms with Crippen LogP contribution in [0.25, 0.3) is 11.0 Å². The number of rotatable bonds is 3. The van der Waals surface area contributed by atoms with Crippen LogP contribution in [0.4, 0.5) is 5.69 Å². The summed E-state index contributed by atoms with van der Waals surface area (Å²) in [5, 5.41) is 12.7. The molecule has 0 saturated heterocycles. The highest BCUT2D eigenvalue weighted by molar-refractivity contribution is 5.81. The number of hydrogen-bond donors (Lipinski definition) is 1. The van der Waals surface area contributed by atoms with Gasteiger partial charge >= 0.3 is 0 Å². The Hall–Kier alpha value is -2.37. The monoisotopic (exact) mass is 271 g/mol. The fourth-order valence-corrected chi connectivity index (χ4v) is 2.35. The number of nitrogens with one attached hydrogen (secondary N) is 1. The first-order valence-corrected chi connectivity index (χ1v) is 6.51. The van der Waals surface area contributed by atoms with Gasteiger partial charge in [0.05, 0.1) is 23.3 Å². The molecule has 0 fully saturated rings. The van der Waals surface area contributed by atoms with E-state index < -0.39 is 0 Å². The van der Waals surface area contributed by atoms with E-state index in [1.807, 2.05) is 34.0 Å². The molecule has 0 aliphatic heterocycles. The van der Waals surface area contributed by atoms with Gasteiger partial charge in [-0.2, -0.15) is 5.10 Å². The Balaban J connectivity index is 1.86. The van der Waals surface area contributed by atoms with E-state index in [2.05, 4.69) is 26.6 Å². The molecule has 3 aromatic heterocycles. The van der Waals surface area contributed by atoms with Gasteiger partial charge in [0.1, 0.15) is 5.76 Å². The Bertz CT molecular complexity index is 752. The van der Waals surface area contributed by atoms with E-state index in [9.17, 15) is 0 Å². The van der Waals surface area contributed by atoms with Gasteiger partial charge in [-0.25, -0.2) is 4.98 Å². The lowest BCUT2D eigenvalue weighted by atomic mass is 10.2. The predicted octanol–water partition coefficient (Wildman–Crippen LogP) is 2.49. The molecular weight excluding hydrogens is 254 g/mol. The van der Waals surface area contributed by atoms with Gasteiger partial charge in [-0.3, -0.25) is 4.68 Å². The van der Waals surface area contributed by atoms with Crippen LogP contribution in [0.5, 0.6) is 0 Å². The van der Waals surface area contributed by atoms with Gasteiger partial charge in [0.2, 0.25) is 0 Å². The van der Waals surface area contributed by atoms with Gasteiger partial charge in [0.15, 0.2) is 5.65 Å². The molecule has 104 valence electrons. The smallest absolute Gasteiger partial charge is 0.157 e. The summed E-state index contributed by atoms with van der Waals surface area (Å²) >= 11 is 0. The molecule has 0 saturated carbocycles. The second kappa shape index (κ2) is 4.63. The van der Waals surface area contributed by atoms with E-state index in [1.165, 1.54) is 0 Å². The lowest BCUT2D eigenvalue weighted by molar-refractivity contribution is 0.392. The minimum atomic E-state index is 0.674. The Morgan fingerprint density at radius 3 is 2.75 bits per heavy atom. The highest BCUT2D eigenvalue weighted by Crippen LogP contribution is 2.20. The highest BCUT2D eigenvalue weighted by atomic mass is 16.5. The highest BCUT2D eigenvalue weighted by Gasteiger charge is 2.10. The molecule has 0 spiro atoms. The van der Waals surface area contributed by atoms with Crippen LogP contribution in [-0.4, -0.2) is 19.9 Å². The molecule has 1 N–H and O–H groups in total. The summed E-state index contributed by atoms with van der Waals surface area (Å²) in [6.07, 6.45) is 1.82. The molecule has 3 heterocycles. The number of fused-ring (bicyclic) bond motifs is 1. The zero-order chi connectivity index (χ0) is 14.3. The number of nitrogens with zero attached hydrogens (tertiary/aromatic N) is 4. The molecule has 0 amide bonds. The maximum Gasteiger partial charge on any atom is 0.157 e. The summed E-state index contributed by atoms with van der Waals surface area (Å²) in [7, 11) is 1.90. The molecule has 0 bridgehead atoms. The van der Waals surface area contributed by atoms with Crippen molar-refractivity contribution >= 4 is 16.7 Å². The van der Waals surface area contributed by atoms with Crippen molar-refractivity contribution in [1.82, 2.24) is 19.9 Å². The van der Waals surface area contributed by atoms with Crippen molar-refractivity contribution in [2.45, 2.75) is 27.3 Å². The molecule has 20 heavy (non-hydrogen) atoms. The van der Waals surface area contributed by atoms with Gasteiger partial charge in [0, 0.05) is 24.5 Å². The topological polar surface area (TPSA) is 68.8 Å². The molecule has 0 radical (unpaired) electrons. The molecular formula is C14H17N5O. The summed E-state index contributed by atoms with van der Waals surface area (Å²) in [5.74, 6) is 0.849. The third-order valence-electron chi connectivity index (χ3n) is 3.51. The van der Waals surface area contributed by atoms with E-state index in [4.69, 9.17) is 4.52 Å². The fraction of sp³-hybridized carbons (Fsp3) is 0.357. The molecule has 0 atom stereocenters. The second-order valence-corrected chi connectivity index (χ2v) is 4.96. The van der Waals surface area contributed by atoms with Crippen LogP contribution in [0.2, 0.25) is 0 Å². The van der Waals surface area contributed by atoms with Gasteiger partial charge in [0.25, 0.3) is 0 Å². The summed E-state index contributed by atoms with van der Waals surface area (Å²) < 4.78 is 6.95. The largest absolute Gasteiger partial charge is 0.379 e. The van der Waals surface area contributed by atoms with Gasteiger partial charge < -0.3 is 9.84 Å². The van der Waals surface area contributed by atoms with E-state index in [1.54, 1.807) is 4.68 Å². The number of aromatic nitrogens is 4. The lowest BCUT2D eigenvalue weighted by Crippen LogP contribution is -2.02. The minimum Gasteiger partial charge on any atom is -0.379 e. The van der Waals surface area contributed by atoms with Crippen molar-refractivity contribution in [1.29, 1.82) is 0 Å². The molecule has 3 rings (SSSR count). The third kappa shape index (κ3) is 2.03. The van der Waals surface area contributed by atoms with Crippen LogP contribution in [-0.2, 0) is 13.6 Å². The quantitative estimate of drug-likeness (QED) is 0.792. The van der Waals surface area contributed by atoms with Gasteiger partial charge in [-0.1, -0.05) is 5.16 Å².